The highest BCUT2D eigenvalue weighted by molar-refractivity contribution is 8.15. The van der Waals surface area contributed by atoms with Gasteiger partial charge < -0.3 is 20.1 Å². The van der Waals surface area contributed by atoms with Gasteiger partial charge in [0.05, 0.1) is 0 Å². The maximum atomic E-state index is 12.2. The van der Waals surface area contributed by atoms with Crippen molar-refractivity contribution < 1.29 is 19.1 Å². The van der Waals surface area contributed by atoms with Gasteiger partial charge in [0.2, 0.25) is 18.6 Å². The van der Waals surface area contributed by atoms with Crippen LogP contribution in [0.4, 0.5) is 5.69 Å². The molecule has 1 atom stereocenters. The summed E-state index contributed by atoms with van der Waals surface area (Å²) in [5, 5.41) is 13.7. The first-order valence-electron chi connectivity index (χ1n) is 8.48. The first-order chi connectivity index (χ1) is 12.7. The molecule has 136 valence electrons. The van der Waals surface area contributed by atoms with E-state index in [0.717, 1.165) is 31.4 Å². The summed E-state index contributed by atoms with van der Waals surface area (Å²) in [5.41, 5.74) is 1.67. The Morgan fingerprint density at radius 2 is 2.04 bits per heavy atom. The number of carbonyl (C=O) groups excluding carboxylic acids is 2. The molecule has 2 heterocycles. The highest BCUT2D eigenvalue weighted by atomic mass is 32.2. The van der Waals surface area contributed by atoms with Crippen molar-refractivity contribution in [3.05, 3.63) is 18.2 Å². The normalized spacial score (nSPS) is 22.6. The van der Waals surface area contributed by atoms with E-state index in [1.807, 2.05) is 0 Å². The fourth-order valence-corrected chi connectivity index (χ4v) is 3.86. The van der Waals surface area contributed by atoms with E-state index in [2.05, 4.69) is 20.8 Å². The number of ether oxygens (including phenoxy) is 2. The summed E-state index contributed by atoms with van der Waals surface area (Å²) in [4.78, 5) is 24.3. The molecule has 0 aromatic heterocycles. The lowest BCUT2D eigenvalue weighted by atomic mass is 10.2. The van der Waals surface area contributed by atoms with E-state index < -0.39 is 5.25 Å². The van der Waals surface area contributed by atoms with Gasteiger partial charge >= 0.3 is 0 Å². The zero-order chi connectivity index (χ0) is 17.9. The van der Waals surface area contributed by atoms with Crippen molar-refractivity contribution in [2.24, 2.45) is 10.2 Å². The summed E-state index contributed by atoms with van der Waals surface area (Å²) < 4.78 is 10.5. The third kappa shape index (κ3) is 3.82. The Kier molecular flexibility index (Phi) is 4.79. The molecule has 0 radical (unpaired) electrons. The minimum absolute atomic E-state index is 0.0561. The molecular formula is C17H18N4O4S. The van der Waals surface area contributed by atoms with E-state index in [9.17, 15) is 9.59 Å². The van der Waals surface area contributed by atoms with Gasteiger partial charge in [-0.05, 0) is 37.8 Å². The van der Waals surface area contributed by atoms with Crippen molar-refractivity contribution >= 4 is 40.1 Å². The molecule has 1 aromatic rings. The molecule has 2 aliphatic heterocycles. The number of amidine groups is 1. The molecule has 4 rings (SSSR count). The monoisotopic (exact) mass is 374 g/mol. The number of hydrogen-bond donors (Lipinski definition) is 2. The maximum Gasteiger partial charge on any atom is 0.240 e. The number of nitrogens with one attached hydrogen (secondary N) is 2. The Morgan fingerprint density at radius 3 is 2.88 bits per heavy atom. The molecule has 1 unspecified atom stereocenters. The molecule has 2 N–H and O–H groups in total. The van der Waals surface area contributed by atoms with Crippen LogP contribution in [-0.4, -0.2) is 34.7 Å². The predicted octanol–water partition coefficient (Wildman–Crippen LogP) is 2.26. The third-order valence-electron chi connectivity index (χ3n) is 4.27. The van der Waals surface area contributed by atoms with Crippen LogP contribution >= 0.6 is 11.8 Å². The second-order valence-corrected chi connectivity index (χ2v) is 7.39. The molecule has 1 aliphatic carbocycles. The number of benzene rings is 1. The molecular weight excluding hydrogens is 356 g/mol. The average Bonchev–Trinajstić information content (AvgIpc) is 3.34. The molecule has 2 amide bonds. The van der Waals surface area contributed by atoms with E-state index in [0.29, 0.717) is 22.4 Å². The zero-order valence-corrected chi connectivity index (χ0v) is 14.8. The van der Waals surface area contributed by atoms with Gasteiger partial charge in [0.25, 0.3) is 0 Å². The number of carbonyl (C=O) groups is 2. The van der Waals surface area contributed by atoms with Crippen molar-refractivity contribution in [3.8, 4) is 11.5 Å². The van der Waals surface area contributed by atoms with E-state index >= 15 is 0 Å². The first kappa shape index (κ1) is 16.9. The van der Waals surface area contributed by atoms with Gasteiger partial charge in [-0.1, -0.05) is 11.8 Å². The number of rotatable bonds is 4. The van der Waals surface area contributed by atoms with Gasteiger partial charge in [-0.2, -0.15) is 5.10 Å². The summed E-state index contributed by atoms with van der Waals surface area (Å²) >= 11 is 1.24. The first-order valence-corrected chi connectivity index (χ1v) is 9.36. The smallest absolute Gasteiger partial charge is 0.240 e. The molecule has 26 heavy (non-hydrogen) atoms. The van der Waals surface area contributed by atoms with Crippen LogP contribution in [0.25, 0.3) is 0 Å². The summed E-state index contributed by atoms with van der Waals surface area (Å²) in [6, 6.07) is 5.17. The average molecular weight is 374 g/mol. The SMILES string of the molecule is O=C(CC1S/C(=N\N=C2CCCC2)NC1=O)Nc1ccc2c(c1)OCO2. The van der Waals surface area contributed by atoms with Crippen LogP contribution < -0.4 is 20.1 Å². The highest BCUT2D eigenvalue weighted by Crippen LogP contribution is 2.34. The van der Waals surface area contributed by atoms with Crippen LogP contribution in [0.3, 0.4) is 0 Å². The van der Waals surface area contributed by atoms with Gasteiger partial charge in [-0.3, -0.25) is 9.59 Å². The number of nitrogens with zero attached hydrogens (tertiary/aromatic N) is 2. The summed E-state index contributed by atoms with van der Waals surface area (Å²) in [6.45, 7) is 0.178. The summed E-state index contributed by atoms with van der Waals surface area (Å²) in [7, 11) is 0. The molecule has 0 bridgehead atoms. The van der Waals surface area contributed by atoms with Crippen LogP contribution in [-0.2, 0) is 9.59 Å². The Morgan fingerprint density at radius 1 is 1.23 bits per heavy atom. The maximum absolute atomic E-state index is 12.2. The third-order valence-corrected chi connectivity index (χ3v) is 5.34. The highest BCUT2D eigenvalue weighted by Gasteiger charge is 2.32. The van der Waals surface area contributed by atoms with Crippen molar-refractivity contribution in [1.29, 1.82) is 0 Å². The fraction of sp³-hybridized carbons (Fsp3) is 0.412. The minimum Gasteiger partial charge on any atom is -0.454 e. The lowest BCUT2D eigenvalue weighted by molar-refractivity contribution is -0.122. The molecule has 1 saturated heterocycles. The van der Waals surface area contributed by atoms with E-state index in [-0.39, 0.29) is 25.0 Å². The molecule has 1 aromatic carbocycles. The summed E-state index contributed by atoms with van der Waals surface area (Å²) in [5.74, 6) is 0.774. The van der Waals surface area contributed by atoms with E-state index in [4.69, 9.17) is 9.47 Å². The van der Waals surface area contributed by atoms with Crippen LogP contribution in [0.2, 0.25) is 0 Å². The minimum atomic E-state index is -0.508. The number of fused-ring (bicyclic) bond motifs is 1. The van der Waals surface area contributed by atoms with Gasteiger partial charge in [-0.25, -0.2) is 0 Å². The molecule has 1 saturated carbocycles. The van der Waals surface area contributed by atoms with E-state index in [1.54, 1.807) is 18.2 Å². The van der Waals surface area contributed by atoms with Gasteiger partial charge in [-0.15, -0.1) is 5.10 Å². The lowest BCUT2D eigenvalue weighted by Crippen LogP contribution is -2.28. The second kappa shape index (κ2) is 7.36. The standard InChI is InChI=1S/C17H18N4O4S/c22-15(18-11-5-6-12-13(7-11)25-9-24-12)8-14-16(23)19-17(26-14)21-20-10-3-1-2-4-10/h5-7,14H,1-4,8-9H2,(H,18,22)(H,19,21,23). The fourth-order valence-electron chi connectivity index (χ4n) is 2.94. The van der Waals surface area contributed by atoms with Crippen molar-refractivity contribution in [1.82, 2.24) is 5.32 Å². The van der Waals surface area contributed by atoms with Crippen LogP contribution in [0, 0.1) is 0 Å². The van der Waals surface area contributed by atoms with Crippen LogP contribution in [0.15, 0.2) is 28.4 Å². The number of amides is 2. The molecule has 0 spiro atoms. The Labute approximate surface area is 154 Å². The largest absolute Gasteiger partial charge is 0.454 e. The Balaban J connectivity index is 1.33. The number of anilines is 1. The number of hydrogen-bond acceptors (Lipinski definition) is 7. The zero-order valence-electron chi connectivity index (χ0n) is 14.0. The van der Waals surface area contributed by atoms with Crippen LogP contribution in [0.5, 0.6) is 11.5 Å². The molecule has 2 fully saturated rings. The summed E-state index contributed by atoms with van der Waals surface area (Å²) in [6.07, 6.45) is 4.28. The van der Waals surface area contributed by atoms with Crippen molar-refractivity contribution in [3.63, 3.8) is 0 Å². The molecule has 3 aliphatic rings. The van der Waals surface area contributed by atoms with Gasteiger partial charge in [0, 0.05) is 23.9 Å². The lowest BCUT2D eigenvalue weighted by Gasteiger charge is -2.08. The Hall–Kier alpha value is -2.55. The quantitative estimate of drug-likeness (QED) is 0.787. The second-order valence-electron chi connectivity index (χ2n) is 6.19. The van der Waals surface area contributed by atoms with Gasteiger partial charge in [0.15, 0.2) is 16.7 Å². The topological polar surface area (TPSA) is 101 Å². The van der Waals surface area contributed by atoms with Gasteiger partial charge in [0.1, 0.15) is 5.25 Å². The van der Waals surface area contributed by atoms with Crippen LogP contribution in [0.1, 0.15) is 32.1 Å². The molecule has 9 heteroatoms. The predicted molar refractivity (Wildman–Crippen MR) is 98.7 cm³/mol. The molecule has 8 nitrogen and oxygen atoms in total. The number of thioether (sulfide) groups is 1. The van der Waals surface area contributed by atoms with E-state index in [1.165, 1.54) is 11.8 Å². The van der Waals surface area contributed by atoms with Crippen molar-refractivity contribution in [2.45, 2.75) is 37.4 Å². The Bertz CT molecular complexity index is 800. The van der Waals surface area contributed by atoms with Crippen molar-refractivity contribution in [2.75, 3.05) is 12.1 Å².